The predicted octanol–water partition coefficient (Wildman–Crippen LogP) is 3.82. The molecule has 0 aromatic heterocycles. The zero-order chi connectivity index (χ0) is 18.9. The number of carbonyl (C=O) groups excluding carboxylic acids is 2. The van der Waals surface area contributed by atoms with Crippen LogP contribution in [0.2, 0.25) is 0 Å². The van der Waals surface area contributed by atoms with Gasteiger partial charge in [-0.3, -0.25) is 10.1 Å². The summed E-state index contributed by atoms with van der Waals surface area (Å²) in [6, 6.07) is 8.85. The molecular weight excluding hydrogens is 342 g/mol. The summed E-state index contributed by atoms with van der Waals surface area (Å²) in [5, 5.41) is 11.7. The summed E-state index contributed by atoms with van der Waals surface area (Å²) >= 11 is 0. The average Bonchev–Trinajstić information content (AvgIpc) is 3.03. The molecule has 1 saturated carbocycles. The third kappa shape index (κ3) is 3.39. The van der Waals surface area contributed by atoms with Crippen LogP contribution in [0.1, 0.15) is 56.9 Å². The van der Waals surface area contributed by atoms with E-state index in [-0.39, 0.29) is 11.6 Å². The highest BCUT2D eigenvalue weighted by atomic mass is 16.6. The van der Waals surface area contributed by atoms with Crippen molar-refractivity contribution < 1.29 is 14.3 Å². The molecule has 2 heterocycles. The van der Waals surface area contributed by atoms with Gasteiger partial charge in [-0.25, -0.2) is 4.79 Å². The Bertz CT molecular complexity index is 787. The van der Waals surface area contributed by atoms with Gasteiger partial charge in [0.15, 0.2) is 0 Å². The molecule has 1 N–H and O–H groups in total. The van der Waals surface area contributed by atoms with Crippen LogP contribution in [0.3, 0.4) is 0 Å². The van der Waals surface area contributed by atoms with E-state index in [1.165, 1.54) is 0 Å². The number of ether oxygens (including phenoxy) is 1. The lowest BCUT2D eigenvalue weighted by molar-refractivity contribution is -0.138. The van der Waals surface area contributed by atoms with Crippen molar-refractivity contribution in [2.24, 2.45) is 5.92 Å². The molecule has 3 aliphatic rings. The van der Waals surface area contributed by atoms with E-state index in [1.54, 1.807) is 24.3 Å². The number of nitrogens with zero attached hydrogens (tertiary/aromatic N) is 2. The Morgan fingerprint density at radius 3 is 3.04 bits per heavy atom. The Balaban J connectivity index is 1.40. The zero-order valence-corrected chi connectivity index (χ0v) is 15.4. The number of benzene rings is 1. The Hall–Kier alpha value is -2.55. The second-order valence-electron chi connectivity index (χ2n) is 7.96. The molecule has 6 nitrogen and oxygen atoms in total. The van der Waals surface area contributed by atoms with E-state index >= 15 is 0 Å². The minimum absolute atomic E-state index is 0.00501. The Labute approximate surface area is 159 Å². The van der Waals surface area contributed by atoms with Gasteiger partial charge in [0.05, 0.1) is 11.6 Å². The van der Waals surface area contributed by atoms with Crippen molar-refractivity contribution in [1.82, 2.24) is 4.90 Å². The molecule has 0 unspecified atom stereocenters. The van der Waals surface area contributed by atoms with Crippen molar-refractivity contribution in [2.75, 3.05) is 11.9 Å². The first kappa shape index (κ1) is 17.8. The fraction of sp³-hybridized carbons (Fsp3) is 0.571. The smallest absolute Gasteiger partial charge is 0.411 e. The molecular formula is C21H25N3O3. The topological polar surface area (TPSA) is 82.4 Å². The fourth-order valence-corrected chi connectivity index (χ4v) is 5.32. The molecule has 142 valence electrons. The van der Waals surface area contributed by atoms with Crippen LogP contribution in [-0.2, 0) is 9.53 Å². The maximum atomic E-state index is 12.5. The van der Waals surface area contributed by atoms with Crippen molar-refractivity contribution in [2.45, 2.75) is 63.0 Å². The molecule has 1 spiro atoms. The average molecular weight is 367 g/mol. The first-order chi connectivity index (χ1) is 13.1. The van der Waals surface area contributed by atoms with E-state index in [9.17, 15) is 9.59 Å². The van der Waals surface area contributed by atoms with E-state index < -0.39 is 6.09 Å². The fourth-order valence-electron chi connectivity index (χ4n) is 5.32. The van der Waals surface area contributed by atoms with Crippen LogP contribution in [0, 0.1) is 17.2 Å². The first-order valence-corrected chi connectivity index (χ1v) is 9.89. The van der Waals surface area contributed by atoms with Gasteiger partial charge in [-0.1, -0.05) is 6.07 Å². The van der Waals surface area contributed by atoms with Crippen LogP contribution in [0.15, 0.2) is 24.3 Å². The summed E-state index contributed by atoms with van der Waals surface area (Å²) in [5.41, 5.74) is 1.07. The molecule has 2 aliphatic heterocycles. The summed E-state index contributed by atoms with van der Waals surface area (Å²) in [6.45, 7) is 0.885. The molecule has 6 heteroatoms. The summed E-state index contributed by atoms with van der Waals surface area (Å²) in [6.07, 6.45) is 6.75. The van der Waals surface area contributed by atoms with Gasteiger partial charge in [0, 0.05) is 24.2 Å². The summed E-state index contributed by atoms with van der Waals surface area (Å²) in [7, 11) is 0. The predicted molar refractivity (Wildman–Crippen MR) is 99.9 cm³/mol. The van der Waals surface area contributed by atoms with Crippen LogP contribution in [-0.4, -0.2) is 35.1 Å². The highest BCUT2D eigenvalue weighted by Crippen LogP contribution is 2.49. The molecule has 27 heavy (non-hydrogen) atoms. The summed E-state index contributed by atoms with van der Waals surface area (Å²) in [5.74, 6) is 0.726. The standard InChI is InChI=1S/C21H25N3O3/c22-14-15-4-1-6-17(12-15)23-20(26)27-18-8-10-21-9-3-11-24(21)19(25)7-2-5-16(21)13-18/h1,4,6,12,16,18H,2-3,5,7-11,13H2,(H,23,26)/t16-,18+,21+/m0/s1. The molecule has 2 saturated heterocycles. The maximum absolute atomic E-state index is 12.5. The highest BCUT2D eigenvalue weighted by Gasteiger charge is 2.52. The Kier molecular flexibility index (Phi) is 4.77. The minimum atomic E-state index is -0.473. The number of hydrogen-bond donors (Lipinski definition) is 1. The SMILES string of the molecule is N#Cc1cccc(NC(=O)O[C@@H]2CC[C@@]34CCCN3C(=O)CCC[C@H]4C2)c1. The van der Waals surface area contributed by atoms with E-state index in [0.717, 1.165) is 51.5 Å². The van der Waals surface area contributed by atoms with Gasteiger partial charge in [0.25, 0.3) is 0 Å². The van der Waals surface area contributed by atoms with Gasteiger partial charge in [0.1, 0.15) is 6.10 Å². The van der Waals surface area contributed by atoms with Gasteiger partial charge in [-0.2, -0.15) is 5.26 Å². The van der Waals surface area contributed by atoms with Crippen LogP contribution in [0.4, 0.5) is 10.5 Å². The van der Waals surface area contributed by atoms with Gasteiger partial charge >= 0.3 is 6.09 Å². The molecule has 2 amide bonds. The van der Waals surface area contributed by atoms with E-state index in [1.807, 2.05) is 0 Å². The lowest BCUT2D eigenvalue weighted by Crippen LogP contribution is -2.54. The largest absolute Gasteiger partial charge is 0.446 e. The van der Waals surface area contributed by atoms with Crippen molar-refractivity contribution >= 4 is 17.7 Å². The van der Waals surface area contributed by atoms with Gasteiger partial charge in [-0.05, 0) is 69.1 Å². The number of rotatable bonds is 2. The molecule has 0 radical (unpaired) electrons. The Morgan fingerprint density at radius 2 is 2.19 bits per heavy atom. The van der Waals surface area contributed by atoms with Crippen molar-refractivity contribution in [1.29, 1.82) is 5.26 Å². The van der Waals surface area contributed by atoms with Crippen molar-refractivity contribution in [3.05, 3.63) is 29.8 Å². The monoisotopic (exact) mass is 367 g/mol. The molecule has 3 atom stereocenters. The normalized spacial score (nSPS) is 29.9. The third-order valence-corrected chi connectivity index (χ3v) is 6.49. The number of nitriles is 1. The third-order valence-electron chi connectivity index (χ3n) is 6.49. The minimum Gasteiger partial charge on any atom is -0.446 e. The second-order valence-corrected chi connectivity index (χ2v) is 7.96. The number of carbonyl (C=O) groups is 2. The molecule has 1 aliphatic carbocycles. The molecule has 1 aromatic rings. The molecule has 4 rings (SSSR count). The van der Waals surface area contributed by atoms with Crippen molar-refractivity contribution in [3.8, 4) is 6.07 Å². The molecule has 0 bridgehead atoms. The number of nitrogens with one attached hydrogen (secondary N) is 1. The van der Waals surface area contributed by atoms with Gasteiger partial charge in [-0.15, -0.1) is 0 Å². The van der Waals surface area contributed by atoms with Crippen LogP contribution < -0.4 is 5.32 Å². The lowest BCUT2D eigenvalue weighted by atomic mass is 9.69. The Morgan fingerprint density at radius 1 is 1.30 bits per heavy atom. The number of hydrogen-bond acceptors (Lipinski definition) is 4. The van der Waals surface area contributed by atoms with Crippen molar-refractivity contribution in [3.63, 3.8) is 0 Å². The van der Waals surface area contributed by atoms with E-state index in [2.05, 4.69) is 16.3 Å². The van der Waals surface area contributed by atoms with Crippen LogP contribution in [0.25, 0.3) is 0 Å². The maximum Gasteiger partial charge on any atom is 0.411 e. The summed E-state index contributed by atoms with van der Waals surface area (Å²) < 4.78 is 5.69. The van der Waals surface area contributed by atoms with Gasteiger partial charge < -0.3 is 9.64 Å². The van der Waals surface area contributed by atoms with E-state index in [4.69, 9.17) is 10.00 Å². The highest BCUT2D eigenvalue weighted by molar-refractivity contribution is 5.85. The quantitative estimate of drug-likeness (QED) is 0.861. The molecule has 1 aromatic carbocycles. The summed E-state index contributed by atoms with van der Waals surface area (Å²) in [4.78, 5) is 26.9. The van der Waals surface area contributed by atoms with Crippen LogP contribution in [0.5, 0.6) is 0 Å². The number of amides is 2. The lowest BCUT2D eigenvalue weighted by Gasteiger charge is -2.48. The van der Waals surface area contributed by atoms with E-state index in [0.29, 0.717) is 29.5 Å². The number of anilines is 1. The zero-order valence-electron chi connectivity index (χ0n) is 15.4. The molecule has 3 fully saturated rings. The van der Waals surface area contributed by atoms with Crippen LogP contribution >= 0.6 is 0 Å². The second kappa shape index (κ2) is 7.22. The van der Waals surface area contributed by atoms with Gasteiger partial charge in [0.2, 0.25) is 5.91 Å². The first-order valence-electron chi connectivity index (χ1n) is 9.89.